The van der Waals surface area contributed by atoms with Gasteiger partial charge in [-0.15, -0.1) is 0 Å². The molecule has 2 heteroatoms. The highest BCUT2D eigenvalue weighted by atomic mass is 16.3. The Bertz CT molecular complexity index is 3620. The maximum absolute atomic E-state index is 6.54. The lowest BCUT2D eigenvalue weighted by atomic mass is 9.91. The number of nitrogens with zero attached hydrogens (tertiary/aromatic N) is 1. The third-order valence-electron chi connectivity index (χ3n) is 12.5. The normalized spacial score (nSPS) is 11.5. The molecule has 0 aliphatic heterocycles. The van der Waals surface area contributed by atoms with Crippen molar-refractivity contribution in [1.82, 2.24) is 0 Å². The van der Waals surface area contributed by atoms with Gasteiger partial charge < -0.3 is 9.32 Å². The Morgan fingerprint density at radius 3 is 1.66 bits per heavy atom. The molecular formula is C60H39NO. The third kappa shape index (κ3) is 6.12. The average molecular weight is 790 g/mol. The van der Waals surface area contributed by atoms with E-state index >= 15 is 0 Å². The molecule has 0 saturated heterocycles. The van der Waals surface area contributed by atoms with Crippen LogP contribution in [0, 0.1) is 0 Å². The maximum atomic E-state index is 6.54. The van der Waals surface area contributed by atoms with E-state index in [1.54, 1.807) is 0 Å². The van der Waals surface area contributed by atoms with E-state index in [2.05, 4.69) is 241 Å². The summed E-state index contributed by atoms with van der Waals surface area (Å²) in [4.78, 5) is 2.41. The molecule has 0 unspecified atom stereocenters. The van der Waals surface area contributed by atoms with Crippen molar-refractivity contribution in [3.05, 3.63) is 237 Å². The predicted octanol–water partition coefficient (Wildman–Crippen LogP) is 17.2. The summed E-state index contributed by atoms with van der Waals surface area (Å²) in [7, 11) is 0. The Kier molecular flexibility index (Phi) is 8.53. The van der Waals surface area contributed by atoms with Gasteiger partial charge in [0.15, 0.2) is 0 Å². The van der Waals surface area contributed by atoms with Crippen molar-refractivity contribution in [2.24, 2.45) is 0 Å². The van der Waals surface area contributed by atoms with E-state index in [0.717, 1.165) is 61.1 Å². The van der Waals surface area contributed by atoms with Crippen LogP contribution in [0.2, 0.25) is 0 Å². The highest BCUT2D eigenvalue weighted by Gasteiger charge is 2.20. The molecule has 12 rings (SSSR count). The standard InChI is InChI=1S/C60H39NO/c1-3-13-41(14-4-1)51-33-28-45(38-56(51)42-15-5-2-6-16-42)40-25-30-48(31-26-40)61(49-32-35-52-46(37-49)24-23-43-17-7-9-19-50(43)52)58-22-12-11-20-53(58)47-29-36-59-57(39-47)55-34-27-44-18-8-10-21-54(44)60(55)62-59/h1-39H. The van der Waals surface area contributed by atoms with Gasteiger partial charge in [0.1, 0.15) is 11.2 Å². The lowest BCUT2D eigenvalue weighted by Gasteiger charge is -2.28. The molecule has 0 N–H and O–H groups in total. The number of anilines is 3. The second kappa shape index (κ2) is 14.8. The number of benzene rings is 11. The van der Waals surface area contributed by atoms with Gasteiger partial charge in [0.2, 0.25) is 0 Å². The van der Waals surface area contributed by atoms with Crippen LogP contribution < -0.4 is 4.90 Å². The zero-order valence-electron chi connectivity index (χ0n) is 33.9. The fourth-order valence-corrected chi connectivity index (χ4v) is 9.40. The van der Waals surface area contributed by atoms with Gasteiger partial charge in [-0.25, -0.2) is 0 Å². The fourth-order valence-electron chi connectivity index (χ4n) is 9.40. The zero-order valence-corrected chi connectivity index (χ0v) is 33.9. The van der Waals surface area contributed by atoms with Crippen molar-refractivity contribution in [3.8, 4) is 44.5 Å². The fraction of sp³-hybridized carbons (Fsp3) is 0. The zero-order chi connectivity index (χ0) is 41.0. The molecule has 1 heterocycles. The molecule has 290 valence electrons. The molecule has 0 atom stereocenters. The van der Waals surface area contributed by atoms with Gasteiger partial charge >= 0.3 is 0 Å². The lowest BCUT2D eigenvalue weighted by Crippen LogP contribution is -2.11. The van der Waals surface area contributed by atoms with Crippen molar-refractivity contribution in [2.45, 2.75) is 0 Å². The molecule has 0 bridgehead atoms. The molecule has 0 fully saturated rings. The molecule has 62 heavy (non-hydrogen) atoms. The van der Waals surface area contributed by atoms with Gasteiger partial charge in [0.05, 0.1) is 5.69 Å². The second-order valence-corrected chi connectivity index (χ2v) is 16.1. The largest absolute Gasteiger partial charge is 0.455 e. The Labute approximate surface area is 360 Å². The van der Waals surface area contributed by atoms with Gasteiger partial charge in [0, 0.05) is 33.1 Å². The molecule has 0 saturated carbocycles. The van der Waals surface area contributed by atoms with E-state index in [0.29, 0.717) is 0 Å². The molecule has 0 aliphatic carbocycles. The van der Waals surface area contributed by atoms with Crippen LogP contribution in [0.3, 0.4) is 0 Å². The van der Waals surface area contributed by atoms with Gasteiger partial charge in [-0.1, -0.05) is 182 Å². The number of hydrogen-bond donors (Lipinski definition) is 0. The summed E-state index contributed by atoms with van der Waals surface area (Å²) >= 11 is 0. The van der Waals surface area contributed by atoms with Gasteiger partial charge in [-0.2, -0.15) is 0 Å². The van der Waals surface area contributed by atoms with Crippen molar-refractivity contribution in [1.29, 1.82) is 0 Å². The minimum atomic E-state index is 0.888. The van der Waals surface area contributed by atoms with Gasteiger partial charge in [-0.3, -0.25) is 0 Å². The molecule has 11 aromatic carbocycles. The van der Waals surface area contributed by atoms with Gasteiger partial charge in [0.25, 0.3) is 0 Å². The van der Waals surface area contributed by atoms with Crippen LogP contribution in [-0.2, 0) is 0 Å². The molecular weight excluding hydrogens is 751 g/mol. The summed E-state index contributed by atoms with van der Waals surface area (Å²) in [5.74, 6) is 0. The summed E-state index contributed by atoms with van der Waals surface area (Å²) in [5, 5.41) is 9.49. The minimum Gasteiger partial charge on any atom is -0.455 e. The number of furan rings is 1. The number of para-hydroxylation sites is 1. The van der Waals surface area contributed by atoms with E-state index in [1.165, 1.54) is 54.7 Å². The first-order valence-electron chi connectivity index (χ1n) is 21.2. The van der Waals surface area contributed by atoms with Crippen molar-refractivity contribution >= 4 is 71.3 Å². The van der Waals surface area contributed by atoms with Crippen LogP contribution >= 0.6 is 0 Å². The first kappa shape index (κ1) is 35.7. The number of rotatable bonds is 7. The van der Waals surface area contributed by atoms with E-state index in [1.807, 2.05) is 0 Å². The van der Waals surface area contributed by atoms with E-state index in [4.69, 9.17) is 4.42 Å². The summed E-state index contributed by atoms with van der Waals surface area (Å²) in [6.07, 6.45) is 0. The Hall–Kier alpha value is -8.20. The molecule has 0 radical (unpaired) electrons. The Balaban J connectivity index is 1.01. The van der Waals surface area contributed by atoms with Crippen LogP contribution in [0.4, 0.5) is 17.1 Å². The van der Waals surface area contributed by atoms with Crippen LogP contribution in [0.5, 0.6) is 0 Å². The summed E-state index contributed by atoms with van der Waals surface area (Å²) in [6, 6.07) is 85.5. The van der Waals surface area contributed by atoms with Crippen LogP contribution in [0.1, 0.15) is 0 Å². The monoisotopic (exact) mass is 789 g/mol. The van der Waals surface area contributed by atoms with E-state index in [9.17, 15) is 0 Å². The highest BCUT2D eigenvalue weighted by Crippen LogP contribution is 2.45. The second-order valence-electron chi connectivity index (χ2n) is 16.1. The van der Waals surface area contributed by atoms with Crippen LogP contribution in [0.25, 0.3) is 98.8 Å². The maximum Gasteiger partial charge on any atom is 0.143 e. The Morgan fingerprint density at radius 1 is 0.274 bits per heavy atom. The summed E-state index contributed by atoms with van der Waals surface area (Å²) < 4.78 is 6.54. The lowest BCUT2D eigenvalue weighted by molar-refractivity contribution is 0.672. The van der Waals surface area contributed by atoms with Crippen LogP contribution in [-0.4, -0.2) is 0 Å². The molecule has 12 aromatic rings. The van der Waals surface area contributed by atoms with Gasteiger partial charge in [-0.05, 0) is 120 Å². The summed E-state index contributed by atoms with van der Waals surface area (Å²) in [5.41, 5.74) is 14.5. The highest BCUT2D eigenvalue weighted by molar-refractivity contribution is 6.16. The predicted molar refractivity (Wildman–Crippen MR) is 263 cm³/mol. The van der Waals surface area contributed by atoms with E-state index < -0.39 is 0 Å². The third-order valence-corrected chi connectivity index (χ3v) is 12.5. The molecule has 1 aromatic heterocycles. The average Bonchev–Trinajstić information content (AvgIpc) is 3.73. The van der Waals surface area contributed by atoms with Crippen molar-refractivity contribution < 1.29 is 4.42 Å². The topological polar surface area (TPSA) is 16.4 Å². The molecule has 0 amide bonds. The van der Waals surface area contributed by atoms with Crippen molar-refractivity contribution in [2.75, 3.05) is 4.90 Å². The number of fused-ring (bicyclic) bond motifs is 8. The quantitative estimate of drug-likeness (QED) is 0.150. The smallest absolute Gasteiger partial charge is 0.143 e. The van der Waals surface area contributed by atoms with Crippen molar-refractivity contribution in [3.63, 3.8) is 0 Å². The first-order valence-corrected chi connectivity index (χ1v) is 21.2. The summed E-state index contributed by atoms with van der Waals surface area (Å²) in [6.45, 7) is 0. The Morgan fingerprint density at radius 2 is 0.855 bits per heavy atom. The molecule has 0 aliphatic rings. The van der Waals surface area contributed by atoms with E-state index in [-0.39, 0.29) is 0 Å². The SMILES string of the molecule is c1ccc(-c2ccc(-c3ccc(N(c4ccc5c(ccc6ccccc65)c4)c4ccccc4-c4ccc5oc6c7ccccc7ccc6c5c4)cc3)cc2-c2ccccc2)cc1. The molecule has 2 nitrogen and oxygen atoms in total. The molecule has 0 spiro atoms. The first-order chi connectivity index (χ1) is 30.7. The number of hydrogen-bond acceptors (Lipinski definition) is 2. The van der Waals surface area contributed by atoms with Crippen LogP contribution in [0.15, 0.2) is 241 Å². The minimum absolute atomic E-state index is 0.888.